The molecule has 2 bridgehead atoms. The predicted octanol–water partition coefficient (Wildman–Crippen LogP) is 2.94. The lowest BCUT2D eigenvalue weighted by atomic mass is 9.80. The van der Waals surface area contributed by atoms with Gasteiger partial charge in [-0.05, 0) is 55.8 Å². The van der Waals surface area contributed by atoms with Gasteiger partial charge < -0.3 is 5.73 Å². The van der Waals surface area contributed by atoms with Gasteiger partial charge >= 0.3 is 0 Å². The zero-order chi connectivity index (χ0) is 9.76. The second-order valence-electron chi connectivity index (χ2n) is 6.08. The summed E-state index contributed by atoms with van der Waals surface area (Å²) in [6, 6.07) is 0. The number of nitrogens with two attached hydrogens (primary N) is 1. The van der Waals surface area contributed by atoms with E-state index in [2.05, 4.69) is 6.92 Å². The van der Waals surface area contributed by atoms with Gasteiger partial charge in [-0.2, -0.15) is 0 Å². The zero-order valence-corrected chi connectivity index (χ0v) is 9.34. The lowest BCUT2D eigenvalue weighted by Gasteiger charge is -2.29. The maximum Gasteiger partial charge on any atom is 0.0218 e. The highest BCUT2D eigenvalue weighted by molar-refractivity contribution is 5.15. The van der Waals surface area contributed by atoms with Crippen molar-refractivity contribution in [1.82, 2.24) is 0 Å². The van der Waals surface area contributed by atoms with E-state index in [4.69, 9.17) is 5.73 Å². The Morgan fingerprint density at radius 2 is 2.14 bits per heavy atom. The van der Waals surface area contributed by atoms with Crippen LogP contribution in [0.4, 0.5) is 0 Å². The summed E-state index contributed by atoms with van der Waals surface area (Å²) in [5.74, 6) is 3.88. The average Bonchev–Trinajstić information content (AvgIpc) is 2.60. The molecule has 0 saturated heterocycles. The van der Waals surface area contributed by atoms with Gasteiger partial charge in [0.25, 0.3) is 0 Å². The molecule has 5 atom stereocenters. The van der Waals surface area contributed by atoms with Crippen LogP contribution in [0.2, 0.25) is 0 Å². The molecule has 5 unspecified atom stereocenters. The largest absolute Gasteiger partial charge is 0.325 e. The van der Waals surface area contributed by atoms with Crippen molar-refractivity contribution in [3.63, 3.8) is 0 Å². The molecule has 0 aromatic heterocycles. The van der Waals surface area contributed by atoms with Crippen LogP contribution in [0.25, 0.3) is 0 Å². The number of fused-ring (bicyclic) bond motifs is 2. The fraction of sp³-hybridized carbons (Fsp3) is 1.00. The van der Waals surface area contributed by atoms with Gasteiger partial charge in [-0.15, -0.1) is 0 Å². The molecule has 1 nitrogen and oxygen atoms in total. The minimum atomic E-state index is 0.301. The van der Waals surface area contributed by atoms with Gasteiger partial charge in [0.05, 0.1) is 0 Å². The van der Waals surface area contributed by atoms with Crippen LogP contribution in [0.3, 0.4) is 0 Å². The summed E-state index contributed by atoms with van der Waals surface area (Å²) in [6.07, 6.45) is 10.0. The van der Waals surface area contributed by atoms with Gasteiger partial charge in [0.15, 0.2) is 0 Å². The van der Waals surface area contributed by atoms with E-state index in [1.165, 1.54) is 44.9 Å². The third-order valence-electron chi connectivity index (χ3n) is 5.27. The van der Waals surface area contributed by atoms with Crippen LogP contribution in [0.5, 0.6) is 0 Å². The first-order valence-corrected chi connectivity index (χ1v) is 6.53. The van der Waals surface area contributed by atoms with Crippen molar-refractivity contribution in [3.05, 3.63) is 0 Å². The fourth-order valence-corrected chi connectivity index (χ4v) is 4.44. The Hall–Kier alpha value is -0.0400. The molecule has 3 saturated carbocycles. The summed E-state index contributed by atoms with van der Waals surface area (Å²) in [5.41, 5.74) is 6.87. The lowest BCUT2D eigenvalue weighted by molar-refractivity contribution is 0.252. The molecule has 80 valence electrons. The van der Waals surface area contributed by atoms with Gasteiger partial charge in [0.1, 0.15) is 0 Å². The minimum Gasteiger partial charge on any atom is -0.325 e. The van der Waals surface area contributed by atoms with Gasteiger partial charge in [0, 0.05) is 5.54 Å². The van der Waals surface area contributed by atoms with Crippen LogP contribution in [0.15, 0.2) is 0 Å². The first-order chi connectivity index (χ1) is 6.74. The van der Waals surface area contributed by atoms with Crippen LogP contribution in [0.1, 0.15) is 51.9 Å². The molecule has 0 aromatic carbocycles. The van der Waals surface area contributed by atoms with Crippen molar-refractivity contribution >= 4 is 0 Å². The highest BCUT2D eigenvalue weighted by atomic mass is 14.9. The van der Waals surface area contributed by atoms with Crippen LogP contribution in [-0.4, -0.2) is 5.54 Å². The highest BCUT2D eigenvalue weighted by Crippen LogP contribution is 2.61. The zero-order valence-electron chi connectivity index (χ0n) is 9.34. The van der Waals surface area contributed by atoms with E-state index in [0.717, 1.165) is 23.7 Å². The summed E-state index contributed by atoms with van der Waals surface area (Å²) in [7, 11) is 0. The summed E-state index contributed by atoms with van der Waals surface area (Å²) in [4.78, 5) is 0. The molecule has 3 rings (SSSR count). The molecule has 14 heavy (non-hydrogen) atoms. The standard InChI is InChI=1S/C13H23N/c1-2-3-11-8-13(11,14)12-7-9-4-5-10(12)6-9/h9-12H,2-8,14H2,1H3. The van der Waals surface area contributed by atoms with Gasteiger partial charge in [0.2, 0.25) is 0 Å². The Kier molecular flexibility index (Phi) is 1.96. The van der Waals surface area contributed by atoms with Crippen LogP contribution in [-0.2, 0) is 0 Å². The monoisotopic (exact) mass is 193 g/mol. The maximum atomic E-state index is 6.57. The van der Waals surface area contributed by atoms with Gasteiger partial charge in [-0.3, -0.25) is 0 Å². The Balaban J connectivity index is 1.67. The predicted molar refractivity (Wildman–Crippen MR) is 58.9 cm³/mol. The molecule has 0 heterocycles. The smallest absolute Gasteiger partial charge is 0.0218 e. The van der Waals surface area contributed by atoms with Crippen LogP contribution >= 0.6 is 0 Å². The Morgan fingerprint density at radius 1 is 1.29 bits per heavy atom. The topological polar surface area (TPSA) is 26.0 Å². The second kappa shape index (κ2) is 2.98. The lowest BCUT2D eigenvalue weighted by Crippen LogP contribution is -2.38. The molecule has 0 radical (unpaired) electrons. The van der Waals surface area contributed by atoms with Crippen molar-refractivity contribution in [3.8, 4) is 0 Å². The molecular weight excluding hydrogens is 170 g/mol. The summed E-state index contributed by atoms with van der Waals surface area (Å²) < 4.78 is 0. The van der Waals surface area contributed by atoms with E-state index < -0.39 is 0 Å². The van der Waals surface area contributed by atoms with E-state index in [-0.39, 0.29) is 0 Å². The third-order valence-corrected chi connectivity index (χ3v) is 5.27. The summed E-state index contributed by atoms with van der Waals surface area (Å²) >= 11 is 0. The van der Waals surface area contributed by atoms with E-state index in [1.54, 1.807) is 0 Å². The quantitative estimate of drug-likeness (QED) is 0.732. The van der Waals surface area contributed by atoms with E-state index in [9.17, 15) is 0 Å². The SMILES string of the molecule is CCCC1CC1(N)C1CC2CCC1C2. The van der Waals surface area contributed by atoms with Crippen molar-refractivity contribution in [2.45, 2.75) is 57.4 Å². The second-order valence-corrected chi connectivity index (χ2v) is 6.08. The number of hydrogen-bond donors (Lipinski definition) is 1. The molecule has 0 amide bonds. The Labute approximate surface area is 87.4 Å². The van der Waals surface area contributed by atoms with Crippen LogP contribution < -0.4 is 5.73 Å². The molecule has 0 aromatic rings. The molecule has 3 aliphatic rings. The van der Waals surface area contributed by atoms with E-state index >= 15 is 0 Å². The van der Waals surface area contributed by atoms with Crippen molar-refractivity contribution in [2.75, 3.05) is 0 Å². The maximum absolute atomic E-state index is 6.57. The van der Waals surface area contributed by atoms with Crippen molar-refractivity contribution < 1.29 is 0 Å². The van der Waals surface area contributed by atoms with Gasteiger partial charge in [-0.25, -0.2) is 0 Å². The molecule has 3 fully saturated rings. The number of hydrogen-bond acceptors (Lipinski definition) is 1. The molecule has 2 N–H and O–H groups in total. The highest BCUT2D eigenvalue weighted by Gasteiger charge is 2.60. The van der Waals surface area contributed by atoms with Crippen molar-refractivity contribution in [1.29, 1.82) is 0 Å². The van der Waals surface area contributed by atoms with Crippen molar-refractivity contribution in [2.24, 2.45) is 29.4 Å². The Morgan fingerprint density at radius 3 is 2.71 bits per heavy atom. The van der Waals surface area contributed by atoms with E-state index in [1.807, 2.05) is 0 Å². The average molecular weight is 193 g/mol. The Bertz CT molecular complexity index is 237. The molecule has 0 aliphatic heterocycles. The molecule has 3 aliphatic carbocycles. The third kappa shape index (κ3) is 1.18. The van der Waals surface area contributed by atoms with Crippen LogP contribution in [0, 0.1) is 23.7 Å². The normalized spacial score (nSPS) is 55.3. The first-order valence-electron chi connectivity index (χ1n) is 6.53. The minimum absolute atomic E-state index is 0.301. The van der Waals surface area contributed by atoms with E-state index in [0.29, 0.717) is 5.54 Å². The molecule has 0 spiro atoms. The number of rotatable bonds is 3. The molecule has 1 heteroatoms. The molecular formula is C13H23N. The first kappa shape index (κ1) is 9.21. The summed E-state index contributed by atoms with van der Waals surface area (Å²) in [5, 5.41) is 0. The summed E-state index contributed by atoms with van der Waals surface area (Å²) in [6.45, 7) is 2.29. The fourth-order valence-electron chi connectivity index (χ4n) is 4.44. The van der Waals surface area contributed by atoms with Gasteiger partial charge in [-0.1, -0.05) is 19.8 Å².